The van der Waals surface area contributed by atoms with E-state index in [1.54, 1.807) is 17.4 Å². The van der Waals surface area contributed by atoms with Crippen molar-refractivity contribution < 1.29 is 9.53 Å². The van der Waals surface area contributed by atoms with Crippen LogP contribution in [0, 0.1) is 25.7 Å². The number of carbonyl (C=O) groups is 1. The van der Waals surface area contributed by atoms with Gasteiger partial charge >= 0.3 is 5.97 Å². The minimum Gasteiger partial charge on any atom is -0.464 e. The number of fused-ring (bicyclic) bond motifs is 2. The van der Waals surface area contributed by atoms with Gasteiger partial charge in [0.05, 0.1) is 19.0 Å². The number of aryl methyl sites for hydroxylation is 2. The maximum Gasteiger partial charge on any atom is 0.356 e. The van der Waals surface area contributed by atoms with Gasteiger partial charge in [-0.25, -0.2) is 19.3 Å². The minimum atomic E-state index is -0.374. The van der Waals surface area contributed by atoms with Gasteiger partial charge in [0.2, 0.25) is 0 Å². The van der Waals surface area contributed by atoms with Crippen LogP contribution in [0.5, 0.6) is 0 Å². The Balaban J connectivity index is 0.000000157. The summed E-state index contributed by atoms with van der Waals surface area (Å²) >= 11 is 6.64. The normalized spacial score (nSPS) is 23.4. The van der Waals surface area contributed by atoms with Crippen LogP contribution in [0.25, 0.3) is 5.65 Å². The van der Waals surface area contributed by atoms with Crippen LogP contribution in [0.1, 0.15) is 45.2 Å². The highest BCUT2D eigenvalue weighted by molar-refractivity contribution is 7.79. The van der Waals surface area contributed by atoms with Crippen LogP contribution in [0.4, 0.5) is 11.5 Å². The Labute approximate surface area is 260 Å². The third-order valence-electron chi connectivity index (χ3n) is 8.73. The third kappa shape index (κ3) is 5.98. The lowest BCUT2D eigenvalue weighted by molar-refractivity contribution is 0.0594. The van der Waals surface area contributed by atoms with Crippen LogP contribution in [-0.4, -0.2) is 99.4 Å². The lowest BCUT2D eigenvalue weighted by Crippen LogP contribution is -2.28. The summed E-state index contributed by atoms with van der Waals surface area (Å²) in [6.07, 6.45) is 3.11. The van der Waals surface area contributed by atoms with Gasteiger partial charge in [-0.2, -0.15) is 0 Å². The molecule has 0 N–H and O–H groups in total. The highest BCUT2D eigenvalue weighted by Crippen LogP contribution is 2.38. The van der Waals surface area contributed by atoms with Crippen molar-refractivity contribution in [1.82, 2.24) is 34.7 Å². The van der Waals surface area contributed by atoms with E-state index in [-0.39, 0.29) is 11.4 Å². The molecule has 3 saturated heterocycles. The van der Waals surface area contributed by atoms with E-state index in [2.05, 4.69) is 66.9 Å². The Bertz CT molecular complexity index is 1640. The fourth-order valence-corrected chi connectivity index (χ4v) is 7.46. The van der Waals surface area contributed by atoms with Gasteiger partial charge < -0.3 is 19.4 Å². The SMILES string of the molecule is COC(=O)c1cccc(N2CC3CN(C)CC3C2)n1.Cc1nnc(C2(C)CCN(c3cc(C)c4nc(C=S)nn4c3)C2)s1. The standard InChI is InChI=1S/C16H18N6S2.C14H19N3O2/c1-10-6-12(7-22-14(10)17-13(8-23)20-22)21-5-4-16(3,9-21)15-19-18-11(2)24-15;1-16-6-10-8-17(9-11(10)7-16)13-5-3-4-12(15-13)14(18)19-2/h6-8H,4-5,9H2,1-3H3;3-5,10-11H,6-9H2,1-2H3. The van der Waals surface area contributed by atoms with Crippen LogP contribution >= 0.6 is 23.6 Å². The maximum absolute atomic E-state index is 11.5. The van der Waals surface area contributed by atoms with Crippen molar-refractivity contribution in [1.29, 1.82) is 0 Å². The number of anilines is 2. The average molecular weight is 620 g/mol. The maximum atomic E-state index is 11.5. The molecule has 0 amide bonds. The van der Waals surface area contributed by atoms with Crippen LogP contribution in [0.3, 0.4) is 0 Å². The van der Waals surface area contributed by atoms with Crippen molar-refractivity contribution in [2.45, 2.75) is 32.6 Å². The first-order valence-electron chi connectivity index (χ1n) is 14.5. The second-order valence-corrected chi connectivity index (χ2v) is 13.5. The first-order valence-corrected chi connectivity index (χ1v) is 15.8. The van der Waals surface area contributed by atoms with E-state index >= 15 is 0 Å². The van der Waals surface area contributed by atoms with Gasteiger partial charge in [-0.15, -0.1) is 26.6 Å². The second-order valence-electron chi connectivity index (χ2n) is 12.1. The van der Waals surface area contributed by atoms with Gasteiger partial charge in [0.1, 0.15) is 15.8 Å². The molecule has 7 heterocycles. The molecule has 3 unspecified atom stereocenters. The van der Waals surface area contributed by atoms with Gasteiger partial charge in [0, 0.05) is 50.1 Å². The molecule has 3 aliphatic rings. The molecule has 0 aliphatic carbocycles. The topological polar surface area (TPSA) is 105 Å². The lowest BCUT2D eigenvalue weighted by Gasteiger charge is -2.23. The van der Waals surface area contributed by atoms with Crippen molar-refractivity contribution in [3.05, 3.63) is 57.6 Å². The Morgan fingerprint density at radius 3 is 2.56 bits per heavy atom. The van der Waals surface area contributed by atoms with Crippen LogP contribution in [-0.2, 0) is 10.2 Å². The minimum absolute atomic E-state index is 0.0523. The molecule has 226 valence electrons. The molecule has 0 spiro atoms. The Morgan fingerprint density at radius 1 is 1.12 bits per heavy atom. The molecular weight excluding hydrogens is 583 g/mol. The monoisotopic (exact) mass is 619 g/mol. The molecule has 43 heavy (non-hydrogen) atoms. The third-order valence-corrected chi connectivity index (χ3v) is 10.1. The highest BCUT2D eigenvalue weighted by atomic mass is 32.1. The molecular formula is C30H37N9O2S2. The van der Waals surface area contributed by atoms with Gasteiger partial charge in [-0.05, 0) is 62.9 Å². The summed E-state index contributed by atoms with van der Waals surface area (Å²) in [5, 5.41) is 16.6. The zero-order chi connectivity index (χ0) is 30.3. The number of thiocarbonyl (C=S) groups is 1. The summed E-state index contributed by atoms with van der Waals surface area (Å²) in [6, 6.07) is 7.71. The summed E-state index contributed by atoms with van der Waals surface area (Å²) in [5.74, 6) is 2.56. The van der Waals surface area contributed by atoms with E-state index in [0.717, 1.165) is 90.3 Å². The van der Waals surface area contributed by atoms with E-state index in [1.807, 2.05) is 29.8 Å². The number of rotatable bonds is 5. The number of hydrogen-bond acceptors (Lipinski definition) is 12. The van der Waals surface area contributed by atoms with E-state index in [0.29, 0.717) is 11.5 Å². The Kier molecular flexibility index (Phi) is 8.14. The molecule has 4 aromatic rings. The summed E-state index contributed by atoms with van der Waals surface area (Å²) in [6.45, 7) is 12.7. The number of pyridine rings is 2. The second kappa shape index (κ2) is 11.9. The highest BCUT2D eigenvalue weighted by Gasteiger charge is 2.40. The fourth-order valence-electron chi connectivity index (χ4n) is 6.50. The van der Waals surface area contributed by atoms with Gasteiger partial charge in [-0.3, -0.25) is 0 Å². The van der Waals surface area contributed by atoms with E-state index in [1.165, 1.54) is 12.5 Å². The summed E-state index contributed by atoms with van der Waals surface area (Å²) < 4.78 is 6.54. The molecule has 0 radical (unpaired) electrons. The number of methoxy groups -OCH3 is 1. The lowest BCUT2D eigenvalue weighted by atomic mass is 9.91. The zero-order valence-corrected chi connectivity index (χ0v) is 26.9. The number of carbonyl (C=O) groups excluding carboxylic acids is 1. The quantitative estimate of drug-likeness (QED) is 0.242. The van der Waals surface area contributed by atoms with Crippen LogP contribution < -0.4 is 9.80 Å². The molecule has 13 heteroatoms. The van der Waals surface area contributed by atoms with E-state index < -0.39 is 0 Å². The van der Waals surface area contributed by atoms with Crippen molar-refractivity contribution in [2.24, 2.45) is 11.8 Å². The number of nitrogens with zero attached hydrogens (tertiary/aromatic N) is 9. The number of esters is 1. The molecule has 0 saturated carbocycles. The fraction of sp³-hybridized carbons (Fsp3) is 0.500. The smallest absolute Gasteiger partial charge is 0.356 e. The van der Waals surface area contributed by atoms with Gasteiger partial charge in [-0.1, -0.05) is 25.2 Å². The average Bonchev–Trinajstić information content (AvgIpc) is 3.82. The van der Waals surface area contributed by atoms with Crippen molar-refractivity contribution in [3.63, 3.8) is 0 Å². The molecule has 0 aromatic carbocycles. The number of aromatic nitrogens is 6. The summed E-state index contributed by atoms with van der Waals surface area (Å²) in [4.78, 5) is 27.4. The number of ether oxygens (including phenoxy) is 1. The van der Waals surface area contributed by atoms with E-state index in [4.69, 9.17) is 17.0 Å². The molecule has 7 rings (SSSR count). The van der Waals surface area contributed by atoms with Gasteiger partial charge in [0.15, 0.2) is 17.2 Å². The van der Waals surface area contributed by atoms with Crippen LogP contribution in [0.2, 0.25) is 0 Å². The van der Waals surface area contributed by atoms with Crippen molar-refractivity contribution >= 4 is 52.0 Å². The first kappa shape index (κ1) is 29.5. The molecule has 4 aromatic heterocycles. The zero-order valence-electron chi connectivity index (χ0n) is 25.2. The van der Waals surface area contributed by atoms with E-state index in [9.17, 15) is 4.79 Å². The Morgan fingerprint density at radius 2 is 1.88 bits per heavy atom. The van der Waals surface area contributed by atoms with Crippen LogP contribution in [0.15, 0.2) is 30.5 Å². The number of likely N-dealkylation sites (tertiary alicyclic amines) is 1. The largest absolute Gasteiger partial charge is 0.464 e. The molecule has 0 bridgehead atoms. The number of hydrogen-bond donors (Lipinski definition) is 0. The predicted molar refractivity (Wildman–Crippen MR) is 172 cm³/mol. The predicted octanol–water partition coefficient (Wildman–Crippen LogP) is 3.58. The first-order chi connectivity index (χ1) is 20.7. The van der Waals surface area contributed by atoms with Crippen molar-refractivity contribution in [3.8, 4) is 0 Å². The molecule has 3 fully saturated rings. The Hall–Kier alpha value is -3.55. The molecule has 11 nitrogen and oxygen atoms in total. The van der Waals surface area contributed by atoms with Gasteiger partial charge in [0.25, 0.3) is 0 Å². The van der Waals surface area contributed by atoms with Crippen molar-refractivity contribution in [2.75, 3.05) is 63.2 Å². The molecule has 3 atom stereocenters. The molecule has 3 aliphatic heterocycles. The summed E-state index contributed by atoms with van der Waals surface area (Å²) in [7, 11) is 3.56. The summed E-state index contributed by atoms with van der Waals surface area (Å²) in [5.41, 5.74) is 3.55.